The Morgan fingerprint density at radius 1 is 1.00 bits per heavy atom. The van der Waals surface area contributed by atoms with Crippen LogP contribution in [0, 0.1) is 11.8 Å². The minimum absolute atomic E-state index is 0.272. The van der Waals surface area contributed by atoms with E-state index in [0.29, 0.717) is 11.1 Å². The van der Waals surface area contributed by atoms with Crippen molar-refractivity contribution in [2.24, 2.45) is 0 Å². The van der Waals surface area contributed by atoms with Crippen LogP contribution in [0.25, 0.3) is 11.1 Å². The van der Waals surface area contributed by atoms with Crippen LogP contribution in [0.4, 0.5) is 8.78 Å². The highest BCUT2D eigenvalue weighted by atomic mass is 19.1. The van der Waals surface area contributed by atoms with Crippen LogP contribution in [0.1, 0.15) is 38.2 Å². The van der Waals surface area contributed by atoms with Crippen molar-refractivity contribution in [3.63, 3.8) is 0 Å². The Balaban J connectivity index is 2.07. The predicted octanol–water partition coefficient (Wildman–Crippen LogP) is 5.15. The molecule has 0 aliphatic heterocycles. The van der Waals surface area contributed by atoms with E-state index in [0.717, 1.165) is 18.4 Å². The van der Waals surface area contributed by atoms with Gasteiger partial charge in [0.1, 0.15) is 5.82 Å². The van der Waals surface area contributed by atoms with Crippen molar-refractivity contribution < 1.29 is 8.78 Å². The quantitative estimate of drug-likeness (QED) is 0.525. The molecule has 2 aromatic rings. The summed E-state index contributed by atoms with van der Waals surface area (Å²) in [5.74, 6) is -0.826. The van der Waals surface area contributed by atoms with Crippen LogP contribution in [0.5, 0.6) is 0 Å². The molecule has 0 saturated heterocycles. The van der Waals surface area contributed by atoms with E-state index in [9.17, 15) is 8.78 Å². The third-order valence-electron chi connectivity index (χ3n) is 3.39. The molecule has 20 heavy (non-hydrogen) atoms. The molecule has 0 bridgehead atoms. The maximum atomic E-state index is 14.1. The second-order valence-corrected chi connectivity index (χ2v) is 4.99. The van der Waals surface area contributed by atoms with E-state index >= 15 is 0 Å². The van der Waals surface area contributed by atoms with Gasteiger partial charge in [0.25, 0.3) is 0 Å². The normalized spacial score (nSPS) is 10.8. The molecule has 0 N–H and O–H groups in total. The van der Waals surface area contributed by atoms with Crippen molar-refractivity contribution in [1.29, 1.82) is 0 Å². The van der Waals surface area contributed by atoms with Crippen molar-refractivity contribution in [1.82, 2.24) is 4.98 Å². The fraction of sp³-hybridized carbons (Fsp3) is 0.353. The largest absolute Gasteiger partial charge is 0.228 e. The Labute approximate surface area is 118 Å². The van der Waals surface area contributed by atoms with Crippen LogP contribution in [0.3, 0.4) is 0 Å². The van der Waals surface area contributed by atoms with Gasteiger partial charge in [0, 0.05) is 17.3 Å². The smallest absolute Gasteiger partial charge is 0.212 e. The number of aromatic nitrogens is 1. The summed E-state index contributed by atoms with van der Waals surface area (Å²) < 4.78 is 26.9. The molecule has 3 heteroatoms. The average Bonchev–Trinajstić information content (AvgIpc) is 2.45. The van der Waals surface area contributed by atoms with Gasteiger partial charge in [-0.25, -0.2) is 9.37 Å². The van der Waals surface area contributed by atoms with Gasteiger partial charge < -0.3 is 0 Å². The van der Waals surface area contributed by atoms with E-state index in [-0.39, 0.29) is 5.82 Å². The van der Waals surface area contributed by atoms with E-state index in [1.54, 1.807) is 18.2 Å². The maximum absolute atomic E-state index is 14.1. The molecule has 0 spiro atoms. The molecule has 106 valence electrons. The van der Waals surface area contributed by atoms with Gasteiger partial charge in [-0.05, 0) is 36.6 Å². The Morgan fingerprint density at radius 2 is 1.85 bits per heavy atom. The highest BCUT2D eigenvalue weighted by Crippen LogP contribution is 2.23. The highest BCUT2D eigenvalue weighted by molar-refractivity contribution is 5.63. The number of hydrogen-bond donors (Lipinski definition) is 0. The number of benzene rings is 1. The van der Waals surface area contributed by atoms with Crippen LogP contribution in [-0.4, -0.2) is 4.98 Å². The molecule has 0 radical (unpaired) electrons. The summed E-state index contributed by atoms with van der Waals surface area (Å²) >= 11 is 0. The summed E-state index contributed by atoms with van der Waals surface area (Å²) in [7, 11) is 0. The lowest BCUT2D eigenvalue weighted by molar-refractivity contribution is 0.583. The second kappa shape index (κ2) is 7.13. The molecular weight excluding hydrogens is 256 g/mol. The molecule has 1 heterocycles. The SMILES string of the molecule is CCCCCCc1ccc(-c2ccc(F)nc2)c(F)c1. The zero-order chi connectivity index (χ0) is 14.4. The zero-order valence-electron chi connectivity index (χ0n) is 11.7. The first-order valence-corrected chi connectivity index (χ1v) is 7.11. The van der Waals surface area contributed by atoms with Crippen molar-refractivity contribution in [2.75, 3.05) is 0 Å². The summed E-state index contributed by atoms with van der Waals surface area (Å²) in [5.41, 5.74) is 2.08. The Morgan fingerprint density at radius 3 is 2.50 bits per heavy atom. The minimum Gasteiger partial charge on any atom is -0.228 e. The Bertz CT molecular complexity index is 549. The molecule has 0 amide bonds. The number of nitrogens with zero attached hydrogens (tertiary/aromatic N) is 1. The lowest BCUT2D eigenvalue weighted by Crippen LogP contribution is -1.91. The van der Waals surface area contributed by atoms with Crippen molar-refractivity contribution in [2.45, 2.75) is 39.0 Å². The second-order valence-electron chi connectivity index (χ2n) is 4.99. The van der Waals surface area contributed by atoms with E-state index in [1.165, 1.54) is 31.5 Å². The number of hydrogen-bond acceptors (Lipinski definition) is 1. The van der Waals surface area contributed by atoms with E-state index < -0.39 is 5.95 Å². The number of pyridine rings is 1. The van der Waals surface area contributed by atoms with Crippen LogP contribution in [-0.2, 0) is 6.42 Å². The molecule has 0 aliphatic carbocycles. The van der Waals surface area contributed by atoms with Gasteiger partial charge in [-0.1, -0.05) is 38.3 Å². The average molecular weight is 275 g/mol. The highest BCUT2D eigenvalue weighted by Gasteiger charge is 2.07. The third-order valence-corrected chi connectivity index (χ3v) is 3.39. The molecule has 1 aromatic heterocycles. The summed E-state index contributed by atoms with van der Waals surface area (Å²) in [5, 5.41) is 0. The molecule has 1 nitrogen and oxygen atoms in total. The van der Waals surface area contributed by atoms with Crippen LogP contribution >= 0.6 is 0 Å². The summed E-state index contributed by atoms with van der Waals surface area (Å²) in [4.78, 5) is 3.56. The predicted molar refractivity (Wildman–Crippen MR) is 77.4 cm³/mol. The first kappa shape index (κ1) is 14.6. The Hall–Kier alpha value is -1.77. The number of aryl methyl sites for hydroxylation is 1. The molecular formula is C17H19F2N. The van der Waals surface area contributed by atoms with Gasteiger partial charge in [0.05, 0.1) is 0 Å². The number of rotatable bonds is 6. The maximum Gasteiger partial charge on any atom is 0.212 e. The molecule has 0 unspecified atom stereocenters. The van der Waals surface area contributed by atoms with Gasteiger partial charge in [-0.3, -0.25) is 0 Å². The first-order valence-electron chi connectivity index (χ1n) is 7.11. The van der Waals surface area contributed by atoms with Gasteiger partial charge in [-0.2, -0.15) is 4.39 Å². The number of unbranched alkanes of at least 4 members (excludes halogenated alkanes) is 3. The summed E-state index contributed by atoms with van der Waals surface area (Å²) in [6, 6.07) is 8.05. The summed E-state index contributed by atoms with van der Waals surface area (Å²) in [6.07, 6.45) is 6.95. The van der Waals surface area contributed by atoms with E-state index in [4.69, 9.17) is 0 Å². The third kappa shape index (κ3) is 3.86. The minimum atomic E-state index is -0.554. The topological polar surface area (TPSA) is 12.9 Å². The van der Waals surface area contributed by atoms with Crippen LogP contribution < -0.4 is 0 Å². The van der Waals surface area contributed by atoms with E-state index in [1.807, 2.05) is 6.07 Å². The molecule has 0 saturated carbocycles. The lowest BCUT2D eigenvalue weighted by Gasteiger charge is -2.06. The molecule has 1 aromatic carbocycles. The zero-order valence-corrected chi connectivity index (χ0v) is 11.7. The standard InChI is InChI=1S/C17H19F2N/c1-2-3-4-5-6-13-7-9-15(16(18)11-13)14-8-10-17(19)20-12-14/h7-12H,2-6H2,1H3. The lowest BCUT2D eigenvalue weighted by atomic mass is 10.0. The van der Waals surface area contributed by atoms with Crippen molar-refractivity contribution >= 4 is 0 Å². The Kier molecular flexibility index (Phi) is 5.22. The van der Waals surface area contributed by atoms with Gasteiger partial charge in [-0.15, -0.1) is 0 Å². The molecule has 0 atom stereocenters. The fourth-order valence-corrected chi connectivity index (χ4v) is 2.24. The molecule has 2 rings (SSSR count). The van der Waals surface area contributed by atoms with Crippen LogP contribution in [0.2, 0.25) is 0 Å². The molecule has 0 fully saturated rings. The number of halogens is 2. The van der Waals surface area contributed by atoms with Crippen LogP contribution in [0.15, 0.2) is 36.5 Å². The monoisotopic (exact) mass is 275 g/mol. The first-order chi connectivity index (χ1) is 9.70. The van der Waals surface area contributed by atoms with Gasteiger partial charge >= 0.3 is 0 Å². The fourth-order valence-electron chi connectivity index (χ4n) is 2.24. The van der Waals surface area contributed by atoms with E-state index in [2.05, 4.69) is 11.9 Å². The summed E-state index contributed by atoms with van der Waals surface area (Å²) in [6.45, 7) is 2.17. The van der Waals surface area contributed by atoms with Gasteiger partial charge in [0.2, 0.25) is 5.95 Å². The van der Waals surface area contributed by atoms with Gasteiger partial charge in [0.15, 0.2) is 0 Å². The van der Waals surface area contributed by atoms with Crippen molar-refractivity contribution in [3.05, 3.63) is 53.9 Å². The molecule has 0 aliphatic rings. The van der Waals surface area contributed by atoms with Crippen molar-refractivity contribution in [3.8, 4) is 11.1 Å².